The molecule has 0 aliphatic heterocycles. The summed E-state index contributed by atoms with van der Waals surface area (Å²) in [5.74, 6) is 0.391. The van der Waals surface area contributed by atoms with Gasteiger partial charge in [0.1, 0.15) is 11.6 Å². The van der Waals surface area contributed by atoms with Crippen molar-refractivity contribution in [2.45, 2.75) is 13.0 Å². The third-order valence-corrected chi connectivity index (χ3v) is 3.59. The van der Waals surface area contributed by atoms with Gasteiger partial charge in [-0.1, -0.05) is 12.1 Å². The van der Waals surface area contributed by atoms with E-state index in [1.165, 1.54) is 32.4 Å². The van der Waals surface area contributed by atoms with Crippen LogP contribution in [0.15, 0.2) is 36.4 Å². The SMILES string of the molecule is COc1cc([N+](=O)[O-])c(OC)cc1CCNCc1ccc(F)cc1. The van der Waals surface area contributed by atoms with Gasteiger partial charge in [-0.3, -0.25) is 10.1 Å². The van der Waals surface area contributed by atoms with E-state index in [2.05, 4.69) is 5.32 Å². The third kappa shape index (κ3) is 4.42. The van der Waals surface area contributed by atoms with Gasteiger partial charge in [0.2, 0.25) is 0 Å². The second kappa shape index (κ2) is 8.26. The third-order valence-electron chi connectivity index (χ3n) is 3.59. The molecule has 2 aromatic carbocycles. The number of nitrogens with zero attached hydrogens (tertiary/aromatic N) is 1. The van der Waals surface area contributed by atoms with Crippen LogP contribution in [0.3, 0.4) is 0 Å². The van der Waals surface area contributed by atoms with Crippen molar-refractivity contribution in [3.8, 4) is 11.5 Å². The minimum Gasteiger partial charge on any atom is -0.496 e. The molecule has 0 spiro atoms. The van der Waals surface area contributed by atoms with Crippen molar-refractivity contribution in [1.29, 1.82) is 0 Å². The van der Waals surface area contributed by atoms with Gasteiger partial charge in [-0.05, 0) is 42.3 Å². The Morgan fingerprint density at radius 2 is 1.79 bits per heavy atom. The van der Waals surface area contributed by atoms with E-state index >= 15 is 0 Å². The molecule has 0 fully saturated rings. The van der Waals surface area contributed by atoms with Gasteiger partial charge in [-0.15, -0.1) is 0 Å². The number of benzene rings is 2. The standard InChI is InChI=1S/C17H19FN2O4/c1-23-16-10-15(20(21)22)17(24-2)9-13(16)7-8-19-11-12-3-5-14(18)6-4-12/h3-6,9-10,19H,7-8,11H2,1-2H3. The summed E-state index contributed by atoms with van der Waals surface area (Å²) < 4.78 is 23.2. The number of nitro groups is 1. The number of methoxy groups -OCH3 is 2. The van der Waals surface area contributed by atoms with E-state index in [0.717, 1.165) is 11.1 Å². The molecule has 24 heavy (non-hydrogen) atoms. The van der Waals surface area contributed by atoms with Crippen LogP contribution in [0.25, 0.3) is 0 Å². The van der Waals surface area contributed by atoms with Gasteiger partial charge in [-0.2, -0.15) is 0 Å². The van der Waals surface area contributed by atoms with E-state index in [4.69, 9.17) is 9.47 Å². The van der Waals surface area contributed by atoms with Gasteiger partial charge in [0.05, 0.1) is 25.2 Å². The van der Waals surface area contributed by atoms with Gasteiger partial charge in [0.25, 0.3) is 0 Å². The van der Waals surface area contributed by atoms with Crippen molar-refractivity contribution in [1.82, 2.24) is 5.32 Å². The van der Waals surface area contributed by atoms with E-state index in [0.29, 0.717) is 25.3 Å². The molecule has 128 valence electrons. The largest absolute Gasteiger partial charge is 0.496 e. The molecule has 6 nitrogen and oxygen atoms in total. The fourth-order valence-electron chi connectivity index (χ4n) is 2.34. The zero-order valence-corrected chi connectivity index (χ0v) is 13.5. The maximum absolute atomic E-state index is 12.8. The smallest absolute Gasteiger partial charge is 0.314 e. The molecule has 0 saturated heterocycles. The molecule has 0 saturated carbocycles. The lowest BCUT2D eigenvalue weighted by molar-refractivity contribution is -0.385. The molecule has 1 N–H and O–H groups in total. The zero-order chi connectivity index (χ0) is 17.5. The first-order valence-corrected chi connectivity index (χ1v) is 7.39. The Bertz CT molecular complexity index is 704. The highest BCUT2D eigenvalue weighted by atomic mass is 19.1. The van der Waals surface area contributed by atoms with E-state index in [1.54, 1.807) is 18.2 Å². The average molecular weight is 334 g/mol. The molecule has 0 amide bonds. The summed E-state index contributed by atoms with van der Waals surface area (Å²) >= 11 is 0. The lowest BCUT2D eigenvalue weighted by Crippen LogP contribution is -2.17. The van der Waals surface area contributed by atoms with Crippen molar-refractivity contribution in [3.63, 3.8) is 0 Å². The van der Waals surface area contributed by atoms with Crippen LogP contribution >= 0.6 is 0 Å². The Morgan fingerprint density at radius 1 is 1.12 bits per heavy atom. The second-order valence-corrected chi connectivity index (χ2v) is 5.15. The fraction of sp³-hybridized carbons (Fsp3) is 0.294. The Kier molecular flexibility index (Phi) is 6.08. The highest BCUT2D eigenvalue weighted by Gasteiger charge is 2.19. The van der Waals surface area contributed by atoms with Gasteiger partial charge in [0, 0.05) is 6.54 Å². The van der Waals surface area contributed by atoms with Crippen LogP contribution in [0.2, 0.25) is 0 Å². The molecule has 7 heteroatoms. The molecule has 0 radical (unpaired) electrons. The Morgan fingerprint density at radius 3 is 2.38 bits per heavy atom. The summed E-state index contributed by atoms with van der Waals surface area (Å²) in [6.45, 7) is 1.24. The molecule has 2 rings (SSSR count). The monoisotopic (exact) mass is 334 g/mol. The summed E-state index contributed by atoms with van der Waals surface area (Å²) in [5, 5.41) is 14.3. The molecule has 0 unspecified atom stereocenters. The Labute approximate surface area is 139 Å². The van der Waals surface area contributed by atoms with Crippen LogP contribution < -0.4 is 14.8 Å². The summed E-state index contributed by atoms with van der Waals surface area (Å²) in [7, 11) is 2.87. The lowest BCUT2D eigenvalue weighted by Gasteiger charge is -2.11. The van der Waals surface area contributed by atoms with E-state index in [9.17, 15) is 14.5 Å². The quantitative estimate of drug-likeness (QED) is 0.456. The number of nitro benzene ring substituents is 1. The Balaban J connectivity index is 2.00. The number of hydrogen-bond acceptors (Lipinski definition) is 5. The van der Waals surface area contributed by atoms with Crippen molar-refractivity contribution in [2.24, 2.45) is 0 Å². The molecule has 0 aliphatic carbocycles. The maximum atomic E-state index is 12.8. The van der Waals surface area contributed by atoms with Crippen molar-refractivity contribution in [2.75, 3.05) is 20.8 Å². The number of nitrogens with one attached hydrogen (secondary N) is 1. The summed E-state index contributed by atoms with van der Waals surface area (Å²) in [6.07, 6.45) is 0.610. The van der Waals surface area contributed by atoms with Crippen molar-refractivity contribution < 1.29 is 18.8 Å². The van der Waals surface area contributed by atoms with Crippen LogP contribution in [-0.2, 0) is 13.0 Å². The summed E-state index contributed by atoms with van der Waals surface area (Å²) in [6, 6.07) is 9.27. The van der Waals surface area contributed by atoms with Crippen LogP contribution in [0, 0.1) is 15.9 Å². The minimum absolute atomic E-state index is 0.127. The van der Waals surface area contributed by atoms with E-state index in [1.807, 2.05) is 0 Å². The van der Waals surface area contributed by atoms with Gasteiger partial charge >= 0.3 is 5.69 Å². The molecule has 0 heterocycles. The highest BCUT2D eigenvalue weighted by Crippen LogP contribution is 2.34. The number of ether oxygens (including phenoxy) is 2. The fourth-order valence-corrected chi connectivity index (χ4v) is 2.34. The molecular formula is C17H19FN2O4. The lowest BCUT2D eigenvalue weighted by atomic mass is 10.1. The topological polar surface area (TPSA) is 73.6 Å². The highest BCUT2D eigenvalue weighted by molar-refractivity contribution is 5.55. The van der Waals surface area contributed by atoms with Crippen LogP contribution in [-0.4, -0.2) is 25.7 Å². The zero-order valence-electron chi connectivity index (χ0n) is 13.5. The van der Waals surface area contributed by atoms with E-state index < -0.39 is 4.92 Å². The van der Waals surface area contributed by atoms with Crippen molar-refractivity contribution >= 4 is 5.69 Å². The predicted octanol–water partition coefficient (Wildman–Crippen LogP) is 3.08. The minimum atomic E-state index is -0.502. The number of hydrogen-bond donors (Lipinski definition) is 1. The molecule has 2 aromatic rings. The first kappa shape index (κ1) is 17.7. The molecule has 0 atom stereocenters. The van der Waals surface area contributed by atoms with Gasteiger partial charge in [-0.25, -0.2) is 4.39 Å². The van der Waals surface area contributed by atoms with Gasteiger partial charge in [0.15, 0.2) is 5.75 Å². The van der Waals surface area contributed by atoms with Crippen LogP contribution in [0.1, 0.15) is 11.1 Å². The summed E-state index contributed by atoms with van der Waals surface area (Å²) in [4.78, 5) is 10.5. The summed E-state index contributed by atoms with van der Waals surface area (Å²) in [5.41, 5.74) is 1.66. The van der Waals surface area contributed by atoms with Gasteiger partial charge < -0.3 is 14.8 Å². The van der Waals surface area contributed by atoms with Crippen molar-refractivity contribution in [3.05, 3.63) is 63.5 Å². The molecular weight excluding hydrogens is 315 g/mol. The number of rotatable bonds is 8. The Hall–Kier alpha value is -2.67. The van der Waals surface area contributed by atoms with E-state index in [-0.39, 0.29) is 17.3 Å². The molecule has 0 aromatic heterocycles. The van der Waals surface area contributed by atoms with Crippen LogP contribution in [0.5, 0.6) is 11.5 Å². The number of halogens is 1. The second-order valence-electron chi connectivity index (χ2n) is 5.15. The normalized spacial score (nSPS) is 10.5. The maximum Gasteiger partial charge on any atom is 0.314 e. The molecule has 0 aliphatic rings. The first-order valence-electron chi connectivity index (χ1n) is 7.39. The first-order chi connectivity index (χ1) is 11.5. The van der Waals surface area contributed by atoms with Crippen LogP contribution in [0.4, 0.5) is 10.1 Å². The predicted molar refractivity (Wildman–Crippen MR) is 88.0 cm³/mol. The average Bonchev–Trinajstić information content (AvgIpc) is 2.59. The molecule has 0 bridgehead atoms.